The van der Waals surface area contributed by atoms with Crippen LogP contribution in [0, 0.1) is 0 Å². The molecule has 0 radical (unpaired) electrons. The number of alkyl halides is 3. The molecule has 0 spiro atoms. The highest BCUT2D eigenvalue weighted by atomic mass is 19.4. The van der Waals surface area contributed by atoms with Crippen molar-refractivity contribution in [3.8, 4) is 5.75 Å². The van der Waals surface area contributed by atoms with Crippen LogP contribution in [0.1, 0.15) is 50.2 Å². The van der Waals surface area contributed by atoms with Gasteiger partial charge in [-0.1, -0.05) is 38.7 Å². The van der Waals surface area contributed by atoms with Crippen LogP contribution < -0.4 is 10.5 Å². The highest BCUT2D eigenvalue weighted by Gasteiger charge is 2.33. The second-order valence-corrected chi connectivity index (χ2v) is 4.78. The molecule has 0 aliphatic rings. The summed E-state index contributed by atoms with van der Waals surface area (Å²) in [5.74, 6) is 0.255. The molecule has 1 aromatic rings. The molecule has 0 saturated carbocycles. The van der Waals surface area contributed by atoms with Gasteiger partial charge in [-0.2, -0.15) is 13.2 Å². The van der Waals surface area contributed by atoms with Gasteiger partial charge in [0.05, 0.1) is 12.2 Å². The van der Waals surface area contributed by atoms with Gasteiger partial charge in [-0.05, 0) is 24.1 Å². The number of unbranched alkanes of at least 4 members (excludes halogenated alkanes) is 4. The Balaban J connectivity index is 2.55. The van der Waals surface area contributed by atoms with Crippen LogP contribution in [0.2, 0.25) is 0 Å². The smallest absolute Gasteiger partial charge is 0.416 e. The minimum Gasteiger partial charge on any atom is -0.494 e. The standard InChI is InChI=1S/C15H22F3NO/c1-2-3-4-5-6-9-20-13-8-7-12(11-19)14(10-13)15(16,17)18/h7-8,10H,2-6,9,11,19H2,1H3. The normalized spacial score (nSPS) is 11.7. The predicted octanol–water partition coefficient (Wildman–Crippen LogP) is 4.51. The first-order chi connectivity index (χ1) is 9.49. The second-order valence-electron chi connectivity index (χ2n) is 4.78. The molecule has 0 aromatic heterocycles. The number of benzene rings is 1. The van der Waals surface area contributed by atoms with E-state index in [1.54, 1.807) is 6.07 Å². The Morgan fingerprint density at radius 2 is 1.80 bits per heavy atom. The quantitative estimate of drug-likeness (QED) is 0.714. The highest BCUT2D eigenvalue weighted by Crippen LogP contribution is 2.34. The van der Waals surface area contributed by atoms with E-state index in [4.69, 9.17) is 10.5 Å². The van der Waals surface area contributed by atoms with Crippen molar-refractivity contribution in [2.75, 3.05) is 6.61 Å². The molecule has 0 saturated heterocycles. The lowest BCUT2D eigenvalue weighted by Gasteiger charge is -2.14. The summed E-state index contributed by atoms with van der Waals surface area (Å²) in [4.78, 5) is 0. The van der Waals surface area contributed by atoms with Crippen LogP contribution in [0.15, 0.2) is 18.2 Å². The number of hydrogen-bond acceptors (Lipinski definition) is 2. The summed E-state index contributed by atoms with van der Waals surface area (Å²) in [5, 5.41) is 0. The largest absolute Gasteiger partial charge is 0.494 e. The third kappa shape index (κ3) is 5.41. The van der Waals surface area contributed by atoms with Gasteiger partial charge in [0, 0.05) is 6.54 Å². The van der Waals surface area contributed by atoms with Crippen molar-refractivity contribution in [1.29, 1.82) is 0 Å². The van der Waals surface area contributed by atoms with Crippen molar-refractivity contribution in [2.24, 2.45) is 5.73 Å². The highest BCUT2D eigenvalue weighted by molar-refractivity contribution is 5.37. The molecule has 0 amide bonds. The van der Waals surface area contributed by atoms with E-state index < -0.39 is 11.7 Å². The summed E-state index contributed by atoms with van der Waals surface area (Å²) in [6.45, 7) is 2.45. The molecule has 0 unspecified atom stereocenters. The van der Waals surface area contributed by atoms with Crippen molar-refractivity contribution < 1.29 is 17.9 Å². The van der Waals surface area contributed by atoms with Crippen LogP contribution >= 0.6 is 0 Å². The fourth-order valence-corrected chi connectivity index (χ4v) is 1.98. The molecular weight excluding hydrogens is 267 g/mol. The lowest BCUT2D eigenvalue weighted by Crippen LogP contribution is -2.12. The van der Waals surface area contributed by atoms with Crippen molar-refractivity contribution in [3.63, 3.8) is 0 Å². The fraction of sp³-hybridized carbons (Fsp3) is 0.600. The molecule has 0 bridgehead atoms. The van der Waals surface area contributed by atoms with Gasteiger partial charge in [0.1, 0.15) is 5.75 Å². The predicted molar refractivity (Wildman–Crippen MR) is 73.6 cm³/mol. The third-order valence-corrected chi connectivity index (χ3v) is 3.12. The van der Waals surface area contributed by atoms with Crippen LogP contribution in [0.3, 0.4) is 0 Å². The zero-order chi connectivity index (χ0) is 15.0. The lowest BCUT2D eigenvalue weighted by atomic mass is 10.1. The summed E-state index contributed by atoms with van der Waals surface area (Å²) < 4.78 is 43.9. The van der Waals surface area contributed by atoms with E-state index in [0.717, 1.165) is 31.7 Å². The summed E-state index contributed by atoms with van der Waals surface area (Å²) in [6.07, 6.45) is 0.996. The Hall–Kier alpha value is -1.23. The van der Waals surface area contributed by atoms with Crippen molar-refractivity contribution in [2.45, 2.75) is 51.7 Å². The van der Waals surface area contributed by atoms with E-state index in [-0.39, 0.29) is 17.9 Å². The van der Waals surface area contributed by atoms with Crippen molar-refractivity contribution >= 4 is 0 Å². The number of halogens is 3. The molecule has 0 aliphatic heterocycles. The third-order valence-electron chi connectivity index (χ3n) is 3.12. The lowest BCUT2D eigenvalue weighted by molar-refractivity contribution is -0.138. The maximum absolute atomic E-state index is 12.8. The van der Waals surface area contributed by atoms with Crippen LogP contribution in [-0.2, 0) is 12.7 Å². The Morgan fingerprint density at radius 1 is 1.10 bits per heavy atom. The molecule has 20 heavy (non-hydrogen) atoms. The number of rotatable bonds is 8. The molecule has 2 N–H and O–H groups in total. The zero-order valence-electron chi connectivity index (χ0n) is 11.8. The average Bonchev–Trinajstić information content (AvgIpc) is 2.41. The minimum atomic E-state index is -4.39. The zero-order valence-corrected chi connectivity index (χ0v) is 11.8. The Kier molecular flexibility index (Phi) is 6.85. The van der Waals surface area contributed by atoms with Crippen LogP contribution in [0.25, 0.3) is 0 Å². The summed E-state index contributed by atoms with van der Waals surface area (Å²) >= 11 is 0. The molecule has 0 heterocycles. The van der Waals surface area contributed by atoms with Gasteiger partial charge >= 0.3 is 6.18 Å². The first-order valence-electron chi connectivity index (χ1n) is 7.02. The Morgan fingerprint density at radius 3 is 2.40 bits per heavy atom. The van der Waals surface area contributed by atoms with E-state index in [9.17, 15) is 13.2 Å². The van der Waals surface area contributed by atoms with Crippen molar-refractivity contribution in [3.05, 3.63) is 29.3 Å². The number of hydrogen-bond donors (Lipinski definition) is 1. The number of ether oxygens (including phenoxy) is 1. The number of nitrogens with two attached hydrogens (primary N) is 1. The fourth-order valence-electron chi connectivity index (χ4n) is 1.98. The van der Waals surface area contributed by atoms with Gasteiger partial charge < -0.3 is 10.5 Å². The first-order valence-corrected chi connectivity index (χ1v) is 7.02. The molecule has 5 heteroatoms. The summed E-state index contributed by atoms with van der Waals surface area (Å²) in [6, 6.07) is 3.97. The van der Waals surface area contributed by atoms with E-state index in [2.05, 4.69) is 6.92 Å². The van der Waals surface area contributed by atoms with Crippen molar-refractivity contribution in [1.82, 2.24) is 0 Å². The molecule has 0 aliphatic carbocycles. The van der Waals surface area contributed by atoms with Crippen LogP contribution in [0.4, 0.5) is 13.2 Å². The van der Waals surface area contributed by atoms with E-state index in [0.29, 0.717) is 6.61 Å². The van der Waals surface area contributed by atoms with E-state index in [1.807, 2.05) is 0 Å². The molecule has 0 fully saturated rings. The van der Waals surface area contributed by atoms with Gasteiger partial charge in [-0.3, -0.25) is 0 Å². The molecule has 0 atom stereocenters. The van der Waals surface area contributed by atoms with Gasteiger partial charge in [0.25, 0.3) is 0 Å². The Labute approximate surface area is 118 Å². The van der Waals surface area contributed by atoms with Gasteiger partial charge in [0.15, 0.2) is 0 Å². The van der Waals surface area contributed by atoms with Gasteiger partial charge in [0.2, 0.25) is 0 Å². The second kappa shape index (κ2) is 8.15. The summed E-state index contributed by atoms with van der Waals surface area (Å²) in [5.41, 5.74) is 4.71. The summed E-state index contributed by atoms with van der Waals surface area (Å²) in [7, 11) is 0. The Bertz CT molecular complexity index is 405. The van der Waals surface area contributed by atoms with Crippen LogP contribution in [0.5, 0.6) is 5.75 Å². The first kappa shape index (κ1) is 16.8. The maximum Gasteiger partial charge on any atom is 0.416 e. The molecular formula is C15H22F3NO. The van der Waals surface area contributed by atoms with Crippen LogP contribution in [-0.4, -0.2) is 6.61 Å². The molecule has 1 rings (SSSR count). The van der Waals surface area contributed by atoms with Gasteiger partial charge in [-0.15, -0.1) is 0 Å². The minimum absolute atomic E-state index is 0.0906. The topological polar surface area (TPSA) is 35.2 Å². The average molecular weight is 289 g/mol. The van der Waals surface area contributed by atoms with Gasteiger partial charge in [-0.25, -0.2) is 0 Å². The maximum atomic E-state index is 12.8. The molecule has 114 valence electrons. The molecule has 1 aromatic carbocycles. The van der Waals surface area contributed by atoms with E-state index in [1.165, 1.54) is 12.5 Å². The monoisotopic (exact) mass is 289 g/mol. The van der Waals surface area contributed by atoms with E-state index >= 15 is 0 Å². The molecule has 2 nitrogen and oxygen atoms in total. The SMILES string of the molecule is CCCCCCCOc1ccc(CN)c(C(F)(F)F)c1.